The smallest absolute Gasteiger partial charge is 0.308 e. The molecule has 0 unspecified atom stereocenters. The van der Waals surface area contributed by atoms with Gasteiger partial charge in [-0.25, -0.2) is 8.42 Å². The summed E-state index contributed by atoms with van der Waals surface area (Å²) >= 11 is 0. The molecule has 0 saturated heterocycles. The molecule has 1 aliphatic rings. The number of carbonyl (C=O) groups is 2. The molecule has 0 saturated carbocycles. The lowest BCUT2D eigenvalue weighted by atomic mass is 9.92. The molecule has 8 heteroatoms. The van der Waals surface area contributed by atoms with Crippen molar-refractivity contribution in [3.05, 3.63) is 95.1 Å². The Kier molecular flexibility index (Phi) is 8.41. The van der Waals surface area contributed by atoms with Crippen molar-refractivity contribution >= 4 is 27.6 Å². The van der Waals surface area contributed by atoms with Crippen LogP contribution in [0.3, 0.4) is 0 Å². The maximum atomic E-state index is 13.5. The summed E-state index contributed by atoms with van der Waals surface area (Å²) in [4.78, 5) is 25.7. The fraction of sp³-hybridized carbons (Fsp3) is 0.310. The van der Waals surface area contributed by atoms with Gasteiger partial charge in [-0.05, 0) is 53.6 Å². The number of aryl methyl sites for hydroxylation is 2. The van der Waals surface area contributed by atoms with Crippen LogP contribution in [0.4, 0.5) is 5.69 Å². The van der Waals surface area contributed by atoms with E-state index in [0.717, 1.165) is 40.8 Å². The molecule has 3 aromatic carbocycles. The zero-order chi connectivity index (χ0) is 26.4. The normalized spacial score (nSPS) is 15.6. The molecule has 0 radical (unpaired) electrons. The second-order valence-electron chi connectivity index (χ2n) is 8.96. The van der Waals surface area contributed by atoms with Gasteiger partial charge in [0, 0.05) is 12.2 Å². The van der Waals surface area contributed by atoms with Crippen LogP contribution in [0.5, 0.6) is 0 Å². The molecule has 0 fully saturated rings. The molecule has 3 aromatic rings. The van der Waals surface area contributed by atoms with Gasteiger partial charge in [-0.3, -0.25) is 9.59 Å². The van der Waals surface area contributed by atoms with Gasteiger partial charge < -0.3 is 10.1 Å². The number of nitrogens with zero attached hydrogens (tertiary/aromatic N) is 1. The number of nitrogens with one attached hydrogen (secondary N) is 1. The van der Waals surface area contributed by atoms with Gasteiger partial charge in [-0.15, -0.1) is 0 Å². The summed E-state index contributed by atoms with van der Waals surface area (Å²) < 4.78 is 33.7. The molecule has 0 aliphatic carbocycles. The highest BCUT2D eigenvalue weighted by atomic mass is 32.2. The Morgan fingerprint density at radius 1 is 0.919 bits per heavy atom. The van der Waals surface area contributed by atoms with E-state index in [-0.39, 0.29) is 17.9 Å². The third-order valence-electron chi connectivity index (χ3n) is 6.70. The summed E-state index contributed by atoms with van der Waals surface area (Å²) in [5, 5.41) is 2.89. The third kappa shape index (κ3) is 5.92. The molecule has 0 aromatic heterocycles. The number of sulfonamides is 1. The first-order valence-corrected chi connectivity index (χ1v) is 14.0. The first kappa shape index (κ1) is 26.6. The molecule has 1 N–H and O–H groups in total. The van der Waals surface area contributed by atoms with Crippen LogP contribution < -0.4 is 5.32 Å². The highest BCUT2D eigenvalue weighted by molar-refractivity contribution is 7.89. The summed E-state index contributed by atoms with van der Waals surface area (Å²) in [7, 11) is -3.84. The molecular formula is C29H32N2O5S. The summed E-state index contributed by atoms with van der Waals surface area (Å²) in [6.45, 7) is 3.84. The molecule has 1 atom stereocenters. The fourth-order valence-corrected chi connectivity index (χ4v) is 6.42. The minimum atomic E-state index is -3.84. The topological polar surface area (TPSA) is 92.8 Å². The number of rotatable bonds is 9. The lowest BCUT2D eigenvalue weighted by Gasteiger charge is -2.36. The number of amides is 1. The van der Waals surface area contributed by atoms with Crippen molar-refractivity contribution in [3.63, 3.8) is 0 Å². The molecule has 7 nitrogen and oxygen atoms in total. The monoisotopic (exact) mass is 520 g/mol. The molecule has 4 rings (SSSR count). The molecule has 0 spiro atoms. The molecule has 194 valence electrons. The van der Waals surface area contributed by atoms with E-state index < -0.39 is 34.5 Å². The van der Waals surface area contributed by atoms with E-state index in [4.69, 9.17) is 4.74 Å². The van der Waals surface area contributed by atoms with Crippen LogP contribution in [0.25, 0.3) is 0 Å². The van der Waals surface area contributed by atoms with E-state index in [0.29, 0.717) is 6.42 Å². The van der Waals surface area contributed by atoms with Crippen LogP contribution in [-0.2, 0) is 43.6 Å². The third-order valence-corrected chi connectivity index (χ3v) is 8.62. The molecule has 1 amide bonds. The number of benzene rings is 3. The lowest BCUT2D eigenvalue weighted by Crippen LogP contribution is -2.41. The molecule has 1 heterocycles. The van der Waals surface area contributed by atoms with E-state index >= 15 is 0 Å². The van der Waals surface area contributed by atoms with Crippen molar-refractivity contribution in [1.29, 1.82) is 0 Å². The Balaban J connectivity index is 1.49. The first-order valence-electron chi connectivity index (χ1n) is 12.6. The van der Waals surface area contributed by atoms with Gasteiger partial charge in [0.15, 0.2) is 6.61 Å². The maximum absolute atomic E-state index is 13.5. The van der Waals surface area contributed by atoms with Crippen molar-refractivity contribution in [3.8, 4) is 0 Å². The second kappa shape index (κ2) is 11.7. The molecule has 37 heavy (non-hydrogen) atoms. The largest absolute Gasteiger partial charge is 0.456 e. The number of hydrogen-bond acceptors (Lipinski definition) is 5. The van der Waals surface area contributed by atoms with Crippen molar-refractivity contribution in [2.75, 3.05) is 18.5 Å². The minimum absolute atomic E-state index is 0.174. The van der Waals surface area contributed by atoms with Crippen LogP contribution in [0.15, 0.2) is 77.7 Å². The average Bonchev–Trinajstić information content (AvgIpc) is 2.92. The Hall–Kier alpha value is -3.49. The Morgan fingerprint density at radius 3 is 2.24 bits per heavy atom. The second-order valence-corrected chi connectivity index (χ2v) is 10.9. The Morgan fingerprint density at radius 2 is 1.57 bits per heavy atom. The van der Waals surface area contributed by atoms with Gasteiger partial charge in [-0.2, -0.15) is 4.31 Å². The number of ether oxygens (including phenoxy) is 1. The maximum Gasteiger partial charge on any atom is 0.308 e. The average molecular weight is 521 g/mol. The van der Waals surface area contributed by atoms with Gasteiger partial charge >= 0.3 is 5.97 Å². The summed E-state index contributed by atoms with van der Waals surface area (Å²) in [6.07, 6.45) is 1.88. The van der Waals surface area contributed by atoms with E-state index in [1.54, 1.807) is 30.3 Å². The van der Waals surface area contributed by atoms with Gasteiger partial charge in [0.2, 0.25) is 10.0 Å². The van der Waals surface area contributed by atoms with Crippen molar-refractivity contribution < 1.29 is 22.7 Å². The number of hydrogen-bond donors (Lipinski definition) is 1. The summed E-state index contributed by atoms with van der Waals surface area (Å²) in [5.41, 5.74) is 4.56. The number of anilines is 1. The van der Waals surface area contributed by atoms with E-state index in [2.05, 4.69) is 5.32 Å². The lowest BCUT2D eigenvalue weighted by molar-refractivity contribution is -0.148. The summed E-state index contributed by atoms with van der Waals surface area (Å²) in [5.74, 6) is -1.06. The molecule has 1 aliphatic heterocycles. The Labute approximate surface area is 218 Å². The predicted octanol–water partition coefficient (Wildman–Crippen LogP) is 4.67. The quantitative estimate of drug-likeness (QED) is 0.414. The highest BCUT2D eigenvalue weighted by Crippen LogP contribution is 2.36. The van der Waals surface area contributed by atoms with Crippen molar-refractivity contribution in [2.24, 2.45) is 0 Å². The van der Waals surface area contributed by atoms with E-state index in [1.807, 2.05) is 56.3 Å². The summed E-state index contributed by atoms with van der Waals surface area (Å²) in [6, 6.07) is 20.9. The fourth-order valence-electron chi connectivity index (χ4n) is 4.80. The van der Waals surface area contributed by atoms with Gasteiger partial charge in [0.25, 0.3) is 5.91 Å². The van der Waals surface area contributed by atoms with Crippen LogP contribution in [0.1, 0.15) is 48.6 Å². The SMILES string of the molecule is CCc1cccc(CC)c1NC(=O)COC(=O)C[C@H]1c2ccccc2CCN1S(=O)(=O)c1ccccc1. The van der Waals surface area contributed by atoms with Crippen LogP contribution >= 0.6 is 0 Å². The van der Waals surface area contributed by atoms with Gasteiger partial charge in [0.05, 0.1) is 17.4 Å². The zero-order valence-electron chi connectivity index (χ0n) is 21.1. The zero-order valence-corrected chi connectivity index (χ0v) is 22.0. The van der Waals surface area contributed by atoms with Crippen molar-refractivity contribution in [2.45, 2.75) is 50.5 Å². The molecule has 0 bridgehead atoms. The van der Waals surface area contributed by atoms with Crippen LogP contribution in [0.2, 0.25) is 0 Å². The standard InChI is InChI=1S/C29H32N2O5S/c1-3-21-12-10-13-22(4-2)29(21)30-27(32)20-36-28(33)19-26-25-16-9-8-11-23(25)17-18-31(26)37(34,35)24-14-6-5-7-15-24/h5-16,26H,3-4,17-20H2,1-2H3,(H,30,32)/t26-/m0/s1. The number of para-hydroxylation sites is 1. The molecular weight excluding hydrogens is 488 g/mol. The van der Waals surface area contributed by atoms with E-state index in [1.165, 1.54) is 4.31 Å². The van der Waals surface area contributed by atoms with Gasteiger partial charge in [0.1, 0.15) is 0 Å². The highest BCUT2D eigenvalue weighted by Gasteiger charge is 2.37. The first-order chi connectivity index (χ1) is 17.8. The number of fused-ring (bicyclic) bond motifs is 1. The minimum Gasteiger partial charge on any atom is -0.456 e. The van der Waals surface area contributed by atoms with Crippen LogP contribution in [0, 0.1) is 0 Å². The number of carbonyl (C=O) groups excluding carboxylic acids is 2. The van der Waals surface area contributed by atoms with Crippen LogP contribution in [-0.4, -0.2) is 37.8 Å². The van der Waals surface area contributed by atoms with Crippen molar-refractivity contribution in [1.82, 2.24) is 4.31 Å². The number of esters is 1. The Bertz CT molecular complexity index is 1350. The predicted molar refractivity (Wildman–Crippen MR) is 143 cm³/mol. The van der Waals surface area contributed by atoms with Gasteiger partial charge in [-0.1, -0.05) is 74.5 Å². The van der Waals surface area contributed by atoms with E-state index in [9.17, 15) is 18.0 Å².